The summed E-state index contributed by atoms with van der Waals surface area (Å²) in [7, 11) is 0. The highest BCUT2D eigenvalue weighted by Crippen LogP contribution is 2.44. The Bertz CT molecular complexity index is 2940. The Morgan fingerprint density at radius 1 is 0.419 bits per heavy atom. The fourth-order valence-electron chi connectivity index (χ4n) is 6.34. The van der Waals surface area contributed by atoms with Crippen LogP contribution in [0.1, 0.15) is 13.7 Å². The molecule has 0 aliphatic carbocycles. The Hall–Kier alpha value is -5.66. The molecule has 43 heavy (non-hydrogen) atoms. The SMILES string of the molecule is [2H]c1c([2H])c([2H])c(-c2oc3ccccc3c2-c2ccc(-c3ccc4ccc5c(-c6c([2H])c([2H])c([2H])c([2H])c6[2H])ccc6ccc3c4c65)cc2)c([2H])c1[2H]. The van der Waals surface area contributed by atoms with Crippen LogP contribution >= 0.6 is 0 Å². The van der Waals surface area contributed by atoms with Gasteiger partial charge in [0.25, 0.3) is 0 Å². The summed E-state index contributed by atoms with van der Waals surface area (Å²) < 4.78 is 90.1. The van der Waals surface area contributed by atoms with Gasteiger partial charge in [0.2, 0.25) is 0 Å². The predicted octanol–water partition coefficient (Wildman–Crippen LogP) is 12.0. The Morgan fingerprint density at radius 2 is 0.953 bits per heavy atom. The maximum atomic E-state index is 8.66. The van der Waals surface area contributed by atoms with Gasteiger partial charge in [-0.15, -0.1) is 0 Å². The van der Waals surface area contributed by atoms with E-state index in [-0.39, 0.29) is 53.1 Å². The van der Waals surface area contributed by atoms with Gasteiger partial charge in [0.05, 0.1) is 13.7 Å². The molecule has 9 aromatic rings. The second-order valence-electron chi connectivity index (χ2n) is 10.5. The number of furan rings is 1. The van der Waals surface area contributed by atoms with Crippen molar-refractivity contribution in [3.05, 3.63) is 157 Å². The van der Waals surface area contributed by atoms with Crippen LogP contribution in [0.15, 0.2) is 162 Å². The molecule has 9 rings (SSSR count). The van der Waals surface area contributed by atoms with E-state index in [0.29, 0.717) is 16.7 Å². The van der Waals surface area contributed by atoms with Crippen LogP contribution in [0, 0.1) is 0 Å². The van der Waals surface area contributed by atoms with Gasteiger partial charge in [-0.2, -0.15) is 0 Å². The Morgan fingerprint density at radius 3 is 1.60 bits per heavy atom. The third-order valence-corrected chi connectivity index (χ3v) is 8.24. The summed E-state index contributed by atoms with van der Waals surface area (Å²) in [5.41, 5.74) is 4.54. The van der Waals surface area contributed by atoms with Gasteiger partial charge in [-0.05, 0) is 66.2 Å². The highest BCUT2D eigenvalue weighted by atomic mass is 16.3. The monoisotopic (exact) mass is 556 g/mol. The molecule has 8 aromatic carbocycles. The van der Waals surface area contributed by atoms with E-state index < -0.39 is 24.2 Å². The smallest absolute Gasteiger partial charge is 0.143 e. The van der Waals surface area contributed by atoms with Crippen molar-refractivity contribution >= 4 is 43.3 Å². The molecule has 0 aliphatic heterocycles. The third-order valence-electron chi connectivity index (χ3n) is 8.24. The minimum atomic E-state index is -0.468. The van der Waals surface area contributed by atoms with Crippen molar-refractivity contribution in [1.82, 2.24) is 0 Å². The summed E-state index contributed by atoms with van der Waals surface area (Å²) in [5.74, 6) is 0.202. The first-order chi connectivity index (χ1) is 25.5. The molecular weight excluding hydrogens is 520 g/mol. The van der Waals surface area contributed by atoms with Crippen LogP contribution in [0.2, 0.25) is 0 Å². The lowest BCUT2D eigenvalue weighted by Crippen LogP contribution is -1.89. The average Bonchev–Trinajstić information content (AvgIpc) is 3.56. The molecule has 1 heteroatoms. The lowest BCUT2D eigenvalue weighted by atomic mass is 9.87. The van der Waals surface area contributed by atoms with Gasteiger partial charge in [0, 0.05) is 16.5 Å². The van der Waals surface area contributed by atoms with Gasteiger partial charge >= 0.3 is 0 Å². The standard InChI is InChI=1S/C42H26O/c1-3-9-27(10-4-1)33-23-19-29-22-26-36-34(24-20-30-21-25-35(33)39(29)40(30)36)28-15-17-31(18-16-28)41-37-13-7-8-14-38(37)43-42(41)32-11-5-2-6-12-32/h1-26H/i1D,2D,3D,4D,5D,6D,9D,10D,11D,12D. The van der Waals surface area contributed by atoms with Gasteiger partial charge in [-0.3, -0.25) is 0 Å². The van der Waals surface area contributed by atoms with Crippen LogP contribution in [0.4, 0.5) is 0 Å². The molecule has 0 saturated carbocycles. The summed E-state index contributed by atoms with van der Waals surface area (Å²) in [5, 5.41) is 6.44. The van der Waals surface area contributed by atoms with Crippen LogP contribution in [0.5, 0.6) is 0 Å². The van der Waals surface area contributed by atoms with E-state index in [0.717, 1.165) is 54.4 Å². The topological polar surface area (TPSA) is 13.1 Å². The molecule has 0 fully saturated rings. The van der Waals surface area contributed by atoms with Crippen molar-refractivity contribution < 1.29 is 18.1 Å². The van der Waals surface area contributed by atoms with E-state index in [1.54, 1.807) is 6.07 Å². The zero-order chi connectivity index (χ0) is 37.0. The lowest BCUT2D eigenvalue weighted by Gasteiger charge is -2.16. The molecule has 1 nitrogen and oxygen atoms in total. The number of hydrogen-bond acceptors (Lipinski definition) is 1. The first kappa shape index (κ1) is 16.1. The quantitative estimate of drug-likeness (QED) is 0.197. The number of rotatable bonds is 4. The van der Waals surface area contributed by atoms with Crippen molar-refractivity contribution in [2.45, 2.75) is 0 Å². The van der Waals surface area contributed by atoms with E-state index in [2.05, 4.69) is 18.2 Å². The van der Waals surface area contributed by atoms with Crippen molar-refractivity contribution in [1.29, 1.82) is 0 Å². The Labute approximate surface area is 263 Å². The molecule has 0 N–H and O–H groups in total. The molecule has 0 bridgehead atoms. The van der Waals surface area contributed by atoms with Gasteiger partial charge in [-0.25, -0.2) is 0 Å². The Kier molecular flexibility index (Phi) is 3.53. The number of para-hydroxylation sites is 1. The fraction of sp³-hybridized carbons (Fsp3) is 0. The van der Waals surface area contributed by atoms with Crippen molar-refractivity contribution in [3.63, 3.8) is 0 Å². The maximum Gasteiger partial charge on any atom is 0.143 e. The van der Waals surface area contributed by atoms with Gasteiger partial charge in [-0.1, -0.05) is 151 Å². The second-order valence-corrected chi connectivity index (χ2v) is 10.5. The van der Waals surface area contributed by atoms with Crippen LogP contribution in [-0.4, -0.2) is 0 Å². The predicted molar refractivity (Wildman–Crippen MR) is 182 cm³/mol. The molecule has 0 amide bonds. The summed E-state index contributed by atoms with van der Waals surface area (Å²) in [6, 6.07) is 27.5. The van der Waals surface area contributed by atoms with E-state index >= 15 is 0 Å². The maximum absolute atomic E-state index is 8.66. The summed E-state index contributed by atoms with van der Waals surface area (Å²) >= 11 is 0. The summed E-state index contributed by atoms with van der Waals surface area (Å²) in [6.07, 6.45) is 0. The zero-order valence-electron chi connectivity index (χ0n) is 32.6. The minimum absolute atomic E-state index is 0.000957. The van der Waals surface area contributed by atoms with E-state index in [4.69, 9.17) is 18.1 Å². The molecule has 0 unspecified atom stereocenters. The second kappa shape index (κ2) is 9.44. The molecule has 1 heterocycles. The molecule has 0 radical (unpaired) electrons. The van der Waals surface area contributed by atoms with Crippen LogP contribution < -0.4 is 0 Å². The van der Waals surface area contributed by atoms with Crippen LogP contribution in [-0.2, 0) is 0 Å². The van der Waals surface area contributed by atoms with Crippen molar-refractivity contribution in [2.75, 3.05) is 0 Å². The number of fused-ring (bicyclic) bond motifs is 1. The molecule has 200 valence electrons. The first-order valence-electron chi connectivity index (χ1n) is 18.9. The molecular formula is C42H26O. The van der Waals surface area contributed by atoms with Crippen LogP contribution in [0.25, 0.3) is 88.0 Å². The fourth-order valence-corrected chi connectivity index (χ4v) is 6.34. The van der Waals surface area contributed by atoms with Gasteiger partial charge < -0.3 is 4.42 Å². The van der Waals surface area contributed by atoms with Crippen molar-refractivity contribution in [3.8, 4) is 44.7 Å². The zero-order valence-corrected chi connectivity index (χ0v) is 22.6. The van der Waals surface area contributed by atoms with E-state index in [1.165, 1.54) is 0 Å². The molecule has 0 atom stereocenters. The highest BCUT2D eigenvalue weighted by molar-refractivity contribution is 6.27. The molecule has 1 aromatic heterocycles. The van der Waals surface area contributed by atoms with Crippen molar-refractivity contribution in [2.24, 2.45) is 0 Å². The van der Waals surface area contributed by atoms with Gasteiger partial charge in [0.1, 0.15) is 11.3 Å². The summed E-state index contributed by atoms with van der Waals surface area (Å²) in [6.45, 7) is 0. The van der Waals surface area contributed by atoms with E-state index in [1.807, 2.05) is 72.8 Å². The first-order valence-corrected chi connectivity index (χ1v) is 13.9. The molecule has 0 saturated heterocycles. The summed E-state index contributed by atoms with van der Waals surface area (Å²) in [4.78, 5) is 0. The largest absolute Gasteiger partial charge is 0.455 e. The van der Waals surface area contributed by atoms with E-state index in [9.17, 15) is 0 Å². The minimum Gasteiger partial charge on any atom is -0.455 e. The highest BCUT2D eigenvalue weighted by Gasteiger charge is 2.18. The molecule has 0 spiro atoms. The average molecular weight is 557 g/mol. The molecule has 0 aliphatic rings. The number of hydrogen-bond donors (Lipinski definition) is 0. The van der Waals surface area contributed by atoms with Gasteiger partial charge in [0.15, 0.2) is 0 Å². The van der Waals surface area contributed by atoms with Crippen LogP contribution in [0.3, 0.4) is 0 Å². The normalized spacial score (nSPS) is 15.0. The number of benzene rings is 8. The Balaban J connectivity index is 1.22. The lowest BCUT2D eigenvalue weighted by molar-refractivity contribution is 0.632. The third kappa shape index (κ3) is 3.72.